The minimum Gasteiger partial charge on any atom is -0.399 e. The van der Waals surface area contributed by atoms with Gasteiger partial charge in [0.25, 0.3) is 0 Å². The van der Waals surface area contributed by atoms with Gasteiger partial charge in [0.2, 0.25) is 11.8 Å². The van der Waals surface area contributed by atoms with Crippen LogP contribution in [-0.2, 0) is 9.59 Å². The second-order valence-electron chi connectivity index (χ2n) is 7.60. The molecular formula is C21H22BrN3O4S2. The number of hydrogen-bond donors (Lipinski definition) is 1. The first-order valence-electron chi connectivity index (χ1n) is 9.86. The summed E-state index contributed by atoms with van der Waals surface area (Å²) in [6, 6.07) is 9.02. The summed E-state index contributed by atoms with van der Waals surface area (Å²) in [5.74, 6) is 1.44. The highest BCUT2D eigenvalue weighted by molar-refractivity contribution is 9.11. The van der Waals surface area contributed by atoms with Crippen molar-refractivity contribution in [2.24, 2.45) is 0 Å². The Kier molecular flexibility index (Phi) is 6.59. The van der Waals surface area contributed by atoms with Crippen LogP contribution in [0.5, 0.6) is 5.06 Å². The lowest BCUT2D eigenvalue weighted by molar-refractivity contribution is -0.117. The summed E-state index contributed by atoms with van der Waals surface area (Å²) in [5.41, 5.74) is 2.59. The van der Waals surface area contributed by atoms with Crippen LogP contribution in [0.4, 0.5) is 16.2 Å². The van der Waals surface area contributed by atoms with E-state index in [9.17, 15) is 14.4 Å². The molecule has 0 aliphatic carbocycles. The highest BCUT2D eigenvalue weighted by atomic mass is 79.9. The van der Waals surface area contributed by atoms with E-state index >= 15 is 0 Å². The maximum absolute atomic E-state index is 12.6. The van der Waals surface area contributed by atoms with Gasteiger partial charge in [-0.15, -0.1) is 11.8 Å². The number of hydrogen-bond acceptors (Lipinski definition) is 6. The summed E-state index contributed by atoms with van der Waals surface area (Å²) in [5, 5.41) is 3.25. The number of nitrogens with zero attached hydrogens (tertiary/aromatic N) is 2. The minimum atomic E-state index is -0.573. The van der Waals surface area contributed by atoms with E-state index in [1.54, 1.807) is 28.8 Å². The maximum atomic E-state index is 12.6. The predicted octanol–water partition coefficient (Wildman–Crippen LogP) is 4.18. The number of ether oxygens (including phenoxy) is 1. The molecule has 0 saturated carbocycles. The Labute approximate surface area is 197 Å². The molecule has 2 aliphatic heterocycles. The second kappa shape index (κ2) is 9.22. The number of carbonyl (C=O) groups is 3. The highest BCUT2D eigenvalue weighted by Crippen LogP contribution is 2.32. The lowest BCUT2D eigenvalue weighted by Gasteiger charge is -2.34. The first-order chi connectivity index (χ1) is 14.8. The van der Waals surface area contributed by atoms with E-state index in [2.05, 4.69) is 21.2 Å². The van der Waals surface area contributed by atoms with E-state index in [4.69, 9.17) is 4.74 Å². The normalized spacial score (nSPS) is 21.5. The van der Waals surface area contributed by atoms with Crippen molar-refractivity contribution in [2.75, 3.05) is 27.9 Å². The van der Waals surface area contributed by atoms with Crippen molar-refractivity contribution in [1.82, 2.24) is 5.32 Å². The molecule has 2 aromatic rings. The Bertz CT molecular complexity index is 1030. The SMILES string of the molecule is Cc1cc(N2CC(NC(=O)Oc3ccc(Br)s3)CC2=O)ccc1N1C(=O)CSCC1C. The van der Waals surface area contributed by atoms with Crippen molar-refractivity contribution in [1.29, 1.82) is 0 Å². The molecule has 10 heteroatoms. The number of rotatable bonds is 4. The highest BCUT2D eigenvalue weighted by Gasteiger charge is 2.33. The van der Waals surface area contributed by atoms with Crippen molar-refractivity contribution < 1.29 is 19.1 Å². The molecule has 2 saturated heterocycles. The molecule has 2 aliphatic rings. The van der Waals surface area contributed by atoms with Crippen molar-refractivity contribution >= 4 is 68.3 Å². The summed E-state index contributed by atoms with van der Waals surface area (Å²) < 4.78 is 6.14. The average Bonchev–Trinajstić information content (AvgIpc) is 3.27. The van der Waals surface area contributed by atoms with Gasteiger partial charge in [0, 0.05) is 36.1 Å². The third kappa shape index (κ3) is 4.91. The molecule has 2 unspecified atom stereocenters. The number of carbonyl (C=O) groups excluding carboxylic acids is 3. The molecule has 2 fully saturated rings. The molecule has 0 radical (unpaired) electrons. The molecule has 164 valence electrons. The number of amides is 3. The minimum absolute atomic E-state index is 0.0601. The fraction of sp³-hybridized carbons (Fsp3) is 0.381. The number of thioether (sulfide) groups is 1. The summed E-state index contributed by atoms with van der Waals surface area (Å²) in [7, 11) is 0. The third-order valence-electron chi connectivity index (χ3n) is 5.23. The standard InChI is InChI=1S/C21H22BrN3O4S2/c1-12-7-15(3-4-16(12)25-13(2)10-30-11-19(25)27)24-9-14(8-18(24)26)23-21(28)29-20-6-5-17(22)31-20/h3-7,13-14H,8-11H2,1-2H3,(H,23,28). The lowest BCUT2D eigenvalue weighted by atomic mass is 10.1. The Hall–Kier alpha value is -2.04. The summed E-state index contributed by atoms with van der Waals surface area (Å²) in [6.45, 7) is 4.37. The van der Waals surface area contributed by atoms with Gasteiger partial charge in [0.15, 0.2) is 5.06 Å². The lowest BCUT2D eigenvalue weighted by Crippen LogP contribution is -2.45. The molecule has 1 aromatic carbocycles. The monoisotopic (exact) mass is 523 g/mol. The van der Waals surface area contributed by atoms with Crippen molar-refractivity contribution in [3.05, 3.63) is 39.7 Å². The predicted molar refractivity (Wildman–Crippen MR) is 127 cm³/mol. The number of nitrogens with one attached hydrogen (secondary N) is 1. The second-order valence-corrected chi connectivity index (χ2v) is 11.1. The van der Waals surface area contributed by atoms with Gasteiger partial charge in [-0.1, -0.05) is 11.3 Å². The Morgan fingerprint density at radius 1 is 1.23 bits per heavy atom. The molecule has 3 heterocycles. The van der Waals surface area contributed by atoms with Crippen LogP contribution < -0.4 is 19.9 Å². The van der Waals surface area contributed by atoms with Crippen LogP contribution in [0.25, 0.3) is 0 Å². The number of thiophene rings is 1. The van der Waals surface area contributed by atoms with E-state index in [-0.39, 0.29) is 30.3 Å². The molecule has 31 heavy (non-hydrogen) atoms. The topological polar surface area (TPSA) is 79.0 Å². The molecule has 7 nitrogen and oxygen atoms in total. The molecule has 0 bridgehead atoms. The van der Waals surface area contributed by atoms with Gasteiger partial charge in [0.05, 0.1) is 15.6 Å². The Balaban J connectivity index is 1.42. The van der Waals surface area contributed by atoms with Crippen molar-refractivity contribution in [3.8, 4) is 5.06 Å². The van der Waals surface area contributed by atoms with Crippen molar-refractivity contribution in [3.63, 3.8) is 0 Å². The zero-order valence-electron chi connectivity index (χ0n) is 17.1. The molecule has 1 N–H and O–H groups in total. The fourth-order valence-electron chi connectivity index (χ4n) is 3.85. The summed E-state index contributed by atoms with van der Waals surface area (Å²) in [4.78, 5) is 40.7. The van der Waals surface area contributed by atoms with Gasteiger partial charge in [-0.05, 0) is 65.7 Å². The number of benzene rings is 1. The first-order valence-corrected chi connectivity index (χ1v) is 12.6. The van der Waals surface area contributed by atoms with E-state index in [0.717, 1.165) is 26.5 Å². The van der Waals surface area contributed by atoms with E-state index in [1.165, 1.54) is 11.3 Å². The van der Waals surface area contributed by atoms with Crippen LogP contribution in [0.1, 0.15) is 18.9 Å². The smallest absolute Gasteiger partial charge is 0.399 e. The molecule has 4 rings (SSSR count). The molecule has 0 spiro atoms. The molecular weight excluding hydrogens is 502 g/mol. The van der Waals surface area contributed by atoms with Crippen LogP contribution in [-0.4, -0.2) is 48.0 Å². The van der Waals surface area contributed by atoms with E-state index < -0.39 is 6.09 Å². The number of aryl methyl sites for hydroxylation is 1. The summed E-state index contributed by atoms with van der Waals surface area (Å²) >= 11 is 6.30. The van der Waals surface area contributed by atoms with Crippen LogP contribution in [0.3, 0.4) is 0 Å². The largest absolute Gasteiger partial charge is 0.413 e. The van der Waals surface area contributed by atoms with Gasteiger partial charge in [-0.25, -0.2) is 4.79 Å². The van der Waals surface area contributed by atoms with Gasteiger partial charge in [-0.2, -0.15) is 0 Å². The zero-order valence-corrected chi connectivity index (χ0v) is 20.3. The first kappa shape index (κ1) is 22.2. The zero-order chi connectivity index (χ0) is 22.1. The van der Waals surface area contributed by atoms with Gasteiger partial charge >= 0.3 is 6.09 Å². The van der Waals surface area contributed by atoms with E-state index in [0.29, 0.717) is 17.4 Å². The van der Waals surface area contributed by atoms with E-state index in [1.807, 2.05) is 36.9 Å². The summed E-state index contributed by atoms with van der Waals surface area (Å²) in [6.07, 6.45) is -0.362. The number of anilines is 2. The Morgan fingerprint density at radius 3 is 2.71 bits per heavy atom. The maximum Gasteiger partial charge on any atom is 0.413 e. The van der Waals surface area contributed by atoms with Crippen LogP contribution in [0.2, 0.25) is 0 Å². The van der Waals surface area contributed by atoms with Crippen LogP contribution in [0, 0.1) is 6.92 Å². The fourth-order valence-corrected chi connectivity index (χ4v) is 5.96. The van der Waals surface area contributed by atoms with Gasteiger partial charge < -0.3 is 19.9 Å². The molecule has 3 amide bonds. The quantitative estimate of drug-likeness (QED) is 0.650. The molecule has 1 aromatic heterocycles. The van der Waals surface area contributed by atoms with Gasteiger partial charge in [0.1, 0.15) is 0 Å². The molecule has 2 atom stereocenters. The average molecular weight is 524 g/mol. The third-order valence-corrected chi connectivity index (χ3v) is 7.91. The van der Waals surface area contributed by atoms with Gasteiger partial charge in [-0.3, -0.25) is 9.59 Å². The number of halogens is 1. The van der Waals surface area contributed by atoms with Crippen molar-refractivity contribution in [2.45, 2.75) is 32.4 Å². The van der Waals surface area contributed by atoms with Crippen LogP contribution in [0.15, 0.2) is 34.1 Å². The Morgan fingerprint density at radius 2 is 2.03 bits per heavy atom. The van der Waals surface area contributed by atoms with Crippen LogP contribution >= 0.6 is 39.0 Å².